The number of hydrogen-bond donors (Lipinski definition) is 1. The fourth-order valence-corrected chi connectivity index (χ4v) is 3.64. The first kappa shape index (κ1) is 17.8. The molecule has 1 atom stereocenters. The highest BCUT2D eigenvalue weighted by molar-refractivity contribution is 7.90. The highest BCUT2D eigenvalue weighted by Crippen LogP contribution is 2.26. The summed E-state index contributed by atoms with van der Waals surface area (Å²) >= 11 is 12.0. The van der Waals surface area contributed by atoms with Gasteiger partial charge in [0.05, 0.1) is 16.5 Å². The summed E-state index contributed by atoms with van der Waals surface area (Å²) in [7, 11) is -3.50. The molecule has 0 aromatic heterocycles. The molecule has 122 valence electrons. The normalized spacial score (nSPS) is 12.7. The van der Waals surface area contributed by atoms with Crippen molar-refractivity contribution in [2.75, 3.05) is 6.26 Å². The molecule has 2 rings (SSSR count). The van der Waals surface area contributed by atoms with Gasteiger partial charge in [0.15, 0.2) is 9.84 Å². The second kappa shape index (κ2) is 6.91. The summed E-state index contributed by atoms with van der Waals surface area (Å²) in [6.07, 6.45) is 1.07. The highest BCUT2D eigenvalue weighted by Gasteiger charge is 2.20. The molecule has 0 saturated carbocycles. The molecule has 0 radical (unpaired) electrons. The van der Waals surface area contributed by atoms with Crippen LogP contribution in [0.3, 0.4) is 0 Å². The lowest BCUT2D eigenvalue weighted by Gasteiger charge is -2.17. The van der Waals surface area contributed by atoms with Crippen LogP contribution in [0.1, 0.15) is 28.9 Å². The molecule has 7 heteroatoms. The van der Waals surface area contributed by atoms with E-state index in [0.29, 0.717) is 15.6 Å². The summed E-state index contributed by atoms with van der Waals surface area (Å²) in [5.41, 5.74) is 0.799. The van der Waals surface area contributed by atoms with Gasteiger partial charge in [0.25, 0.3) is 5.91 Å². The lowest BCUT2D eigenvalue weighted by atomic mass is 10.1. The fourth-order valence-electron chi connectivity index (χ4n) is 2.18. The van der Waals surface area contributed by atoms with Crippen LogP contribution in [-0.4, -0.2) is 20.6 Å². The fraction of sp³-hybridized carbons (Fsp3) is 0.188. The van der Waals surface area contributed by atoms with E-state index in [-0.39, 0.29) is 10.5 Å². The summed E-state index contributed by atoms with van der Waals surface area (Å²) in [5.74, 6) is -0.482. The van der Waals surface area contributed by atoms with Crippen LogP contribution in [0.15, 0.2) is 47.4 Å². The number of carbonyl (C=O) groups is 1. The van der Waals surface area contributed by atoms with E-state index in [2.05, 4.69) is 5.32 Å². The van der Waals surface area contributed by atoms with Crippen molar-refractivity contribution in [1.29, 1.82) is 0 Å². The molecular formula is C16H15Cl2NO3S. The molecule has 0 aliphatic heterocycles. The Hall–Kier alpha value is -1.56. The summed E-state index contributed by atoms with van der Waals surface area (Å²) < 4.78 is 23.6. The summed E-state index contributed by atoms with van der Waals surface area (Å²) in [6, 6.07) is 10.7. The maximum atomic E-state index is 12.4. The Morgan fingerprint density at radius 1 is 1.13 bits per heavy atom. The Bertz CT molecular complexity index is 850. The van der Waals surface area contributed by atoms with E-state index in [0.717, 1.165) is 6.26 Å². The van der Waals surface area contributed by atoms with E-state index in [1.807, 2.05) is 0 Å². The second-order valence-electron chi connectivity index (χ2n) is 5.13. The molecule has 1 N–H and O–H groups in total. The number of benzene rings is 2. The average molecular weight is 372 g/mol. The quantitative estimate of drug-likeness (QED) is 0.886. The number of rotatable bonds is 4. The van der Waals surface area contributed by atoms with E-state index in [1.54, 1.807) is 37.3 Å². The molecule has 0 saturated heterocycles. The zero-order valence-corrected chi connectivity index (χ0v) is 14.8. The van der Waals surface area contributed by atoms with E-state index >= 15 is 0 Å². The van der Waals surface area contributed by atoms with Crippen LogP contribution in [-0.2, 0) is 9.84 Å². The molecule has 1 amide bonds. The summed E-state index contributed by atoms with van der Waals surface area (Å²) in [6.45, 7) is 1.76. The van der Waals surface area contributed by atoms with Crippen LogP contribution in [0.25, 0.3) is 0 Å². The highest BCUT2D eigenvalue weighted by atomic mass is 35.5. The van der Waals surface area contributed by atoms with Crippen molar-refractivity contribution < 1.29 is 13.2 Å². The molecule has 0 spiro atoms. The first-order valence-corrected chi connectivity index (χ1v) is 9.40. The van der Waals surface area contributed by atoms with Crippen molar-refractivity contribution in [3.05, 3.63) is 63.6 Å². The first-order valence-electron chi connectivity index (χ1n) is 6.75. The number of halogens is 2. The lowest BCUT2D eigenvalue weighted by molar-refractivity contribution is 0.0936. The average Bonchev–Trinajstić information content (AvgIpc) is 2.46. The van der Waals surface area contributed by atoms with Gasteiger partial charge in [-0.05, 0) is 36.8 Å². The third-order valence-electron chi connectivity index (χ3n) is 3.31. The maximum Gasteiger partial charge on any atom is 0.253 e. The third kappa shape index (κ3) is 4.25. The van der Waals surface area contributed by atoms with Gasteiger partial charge in [-0.25, -0.2) is 8.42 Å². The molecule has 0 aliphatic rings. The Labute approximate surface area is 145 Å². The van der Waals surface area contributed by atoms with Gasteiger partial charge in [-0.1, -0.05) is 41.4 Å². The van der Waals surface area contributed by atoms with Gasteiger partial charge in [-0.15, -0.1) is 0 Å². The molecule has 2 aromatic rings. The van der Waals surface area contributed by atoms with Gasteiger partial charge in [0.1, 0.15) is 0 Å². The predicted octanol–water partition coefficient (Wildman–Crippen LogP) is 3.89. The predicted molar refractivity (Wildman–Crippen MR) is 91.9 cm³/mol. The molecule has 0 fully saturated rings. The van der Waals surface area contributed by atoms with Crippen LogP contribution < -0.4 is 5.32 Å². The van der Waals surface area contributed by atoms with Gasteiger partial charge in [0.2, 0.25) is 0 Å². The first-order chi connectivity index (χ1) is 10.7. The molecule has 0 heterocycles. The Balaban J connectivity index is 2.29. The van der Waals surface area contributed by atoms with Crippen LogP contribution in [0.5, 0.6) is 0 Å². The third-order valence-corrected chi connectivity index (χ3v) is 5.03. The van der Waals surface area contributed by atoms with Gasteiger partial charge >= 0.3 is 0 Å². The molecule has 23 heavy (non-hydrogen) atoms. The maximum absolute atomic E-state index is 12.4. The van der Waals surface area contributed by atoms with Crippen LogP contribution in [0.2, 0.25) is 10.0 Å². The molecule has 0 unspecified atom stereocenters. The van der Waals surface area contributed by atoms with Crippen molar-refractivity contribution in [2.45, 2.75) is 17.9 Å². The molecule has 0 bridgehead atoms. The van der Waals surface area contributed by atoms with Crippen LogP contribution >= 0.6 is 23.2 Å². The minimum Gasteiger partial charge on any atom is -0.345 e. The number of carbonyl (C=O) groups excluding carboxylic acids is 1. The zero-order chi connectivity index (χ0) is 17.2. The van der Waals surface area contributed by atoms with Gasteiger partial charge in [-0.3, -0.25) is 4.79 Å². The van der Waals surface area contributed by atoms with Gasteiger partial charge < -0.3 is 5.32 Å². The second-order valence-corrected chi connectivity index (χ2v) is 7.96. The van der Waals surface area contributed by atoms with Crippen LogP contribution in [0, 0.1) is 0 Å². The number of nitrogens with one attached hydrogen (secondary N) is 1. The smallest absolute Gasteiger partial charge is 0.253 e. The minimum absolute atomic E-state index is 0.00750. The molecule has 4 nitrogen and oxygen atoms in total. The summed E-state index contributed by atoms with van der Waals surface area (Å²) in [4.78, 5) is 12.4. The molecule has 2 aromatic carbocycles. The minimum atomic E-state index is -3.50. The lowest BCUT2D eigenvalue weighted by Crippen LogP contribution is -2.28. The van der Waals surface area contributed by atoms with Gasteiger partial charge in [-0.2, -0.15) is 0 Å². The van der Waals surface area contributed by atoms with Crippen LogP contribution in [0.4, 0.5) is 0 Å². The largest absolute Gasteiger partial charge is 0.345 e. The Kier molecular flexibility index (Phi) is 5.34. The van der Waals surface area contributed by atoms with Gasteiger partial charge in [0, 0.05) is 16.3 Å². The van der Waals surface area contributed by atoms with E-state index < -0.39 is 21.8 Å². The summed E-state index contributed by atoms with van der Waals surface area (Å²) in [5, 5.41) is 3.69. The van der Waals surface area contributed by atoms with Crippen molar-refractivity contribution in [3.63, 3.8) is 0 Å². The van der Waals surface area contributed by atoms with E-state index in [4.69, 9.17) is 23.2 Å². The SMILES string of the molecule is C[C@@H](NC(=O)c1ccccc1S(C)(=O)=O)c1ccc(Cl)cc1Cl. The van der Waals surface area contributed by atoms with Crippen molar-refractivity contribution in [1.82, 2.24) is 5.32 Å². The van der Waals surface area contributed by atoms with Crippen molar-refractivity contribution in [3.8, 4) is 0 Å². The Morgan fingerprint density at radius 2 is 1.78 bits per heavy atom. The zero-order valence-electron chi connectivity index (χ0n) is 12.5. The van der Waals surface area contributed by atoms with E-state index in [9.17, 15) is 13.2 Å². The van der Waals surface area contributed by atoms with Crippen molar-refractivity contribution >= 4 is 38.9 Å². The standard InChI is InChI=1S/C16H15Cl2NO3S/c1-10(12-8-7-11(17)9-14(12)18)19-16(20)13-5-3-4-6-15(13)23(2,21)22/h3-10H,1-2H3,(H,19,20)/t10-/m1/s1. The monoisotopic (exact) mass is 371 g/mol. The number of hydrogen-bond acceptors (Lipinski definition) is 3. The number of sulfone groups is 1. The Morgan fingerprint density at radius 3 is 2.39 bits per heavy atom. The van der Waals surface area contributed by atoms with E-state index in [1.165, 1.54) is 12.1 Å². The van der Waals surface area contributed by atoms with Crippen molar-refractivity contribution in [2.24, 2.45) is 0 Å². The molecular weight excluding hydrogens is 357 g/mol. The number of amides is 1. The topological polar surface area (TPSA) is 63.2 Å². The molecule has 0 aliphatic carbocycles.